The van der Waals surface area contributed by atoms with E-state index in [9.17, 15) is 4.79 Å². The lowest BCUT2D eigenvalue weighted by atomic mass is 10.0. The lowest BCUT2D eigenvalue weighted by Crippen LogP contribution is -2.38. The first kappa shape index (κ1) is 14.8. The highest BCUT2D eigenvalue weighted by atomic mass is 16.5. The Hall–Kier alpha value is -0.610. The van der Waals surface area contributed by atoms with Crippen LogP contribution in [0.1, 0.15) is 46.5 Å². The fraction of sp³-hybridized carbons (Fsp3) is 0.933. The second kappa shape index (κ2) is 6.71. The molecule has 0 spiro atoms. The summed E-state index contributed by atoms with van der Waals surface area (Å²) in [4.78, 5) is 14.5. The van der Waals surface area contributed by atoms with Crippen molar-refractivity contribution in [1.82, 2.24) is 10.2 Å². The van der Waals surface area contributed by atoms with Crippen molar-refractivity contribution >= 4 is 5.91 Å². The molecule has 0 bridgehead atoms. The molecule has 4 heteroatoms. The van der Waals surface area contributed by atoms with Gasteiger partial charge in [0.25, 0.3) is 0 Å². The summed E-state index contributed by atoms with van der Waals surface area (Å²) in [5, 5.41) is 3.49. The summed E-state index contributed by atoms with van der Waals surface area (Å²) in [5.41, 5.74) is 0. The molecule has 0 aliphatic carbocycles. The van der Waals surface area contributed by atoms with Gasteiger partial charge in [-0.1, -0.05) is 20.8 Å². The van der Waals surface area contributed by atoms with Crippen LogP contribution in [0.25, 0.3) is 0 Å². The summed E-state index contributed by atoms with van der Waals surface area (Å²) in [7, 11) is 0. The van der Waals surface area contributed by atoms with Crippen LogP contribution in [-0.4, -0.2) is 42.8 Å². The highest BCUT2D eigenvalue weighted by molar-refractivity contribution is 5.84. The van der Waals surface area contributed by atoms with Crippen molar-refractivity contribution in [1.29, 1.82) is 0 Å². The maximum atomic E-state index is 12.4. The molecule has 2 fully saturated rings. The van der Waals surface area contributed by atoms with Crippen LogP contribution >= 0.6 is 0 Å². The van der Waals surface area contributed by atoms with Gasteiger partial charge < -0.3 is 9.64 Å². The minimum absolute atomic E-state index is 0.0322. The Morgan fingerprint density at radius 2 is 2.26 bits per heavy atom. The maximum Gasteiger partial charge on any atom is 0.241 e. The Kier molecular flexibility index (Phi) is 5.22. The predicted octanol–water partition coefficient (Wildman–Crippen LogP) is 2.00. The Balaban J connectivity index is 1.87. The molecule has 2 aliphatic heterocycles. The van der Waals surface area contributed by atoms with Gasteiger partial charge in [0.2, 0.25) is 5.91 Å². The van der Waals surface area contributed by atoms with Crippen molar-refractivity contribution in [3.05, 3.63) is 0 Å². The number of nitrogens with zero attached hydrogens (tertiary/aromatic N) is 1. The quantitative estimate of drug-likeness (QED) is 0.801. The highest BCUT2D eigenvalue weighted by Crippen LogP contribution is 2.22. The van der Waals surface area contributed by atoms with Crippen molar-refractivity contribution in [3.8, 4) is 0 Å². The first-order valence-corrected chi connectivity index (χ1v) is 7.76. The number of nitrogens with one attached hydrogen (secondary N) is 1. The molecule has 0 aromatic carbocycles. The number of carbonyl (C=O) groups is 1. The fourth-order valence-corrected chi connectivity index (χ4v) is 3.12. The van der Waals surface area contributed by atoms with Gasteiger partial charge in [-0.2, -0.15) is 0 Å². The number of hydrogen-bond acceptors (Lipinski definition) is 3. The minimum atomic E-state index is 0.0322. The lowest BCUT2D eigenvalue weighted by Gasteiger charge is -2.24. The zero-order chi connectivity index (χ0) is 13.8. The lowest BCUT2D eigenvalue weighted by molar-refractivity contribution is -0.130. The highest BCUT2D eigenvalue weighted by Gasteiger charge is 2.37. The van der Waals surface area contributed by atoms with Gasteiger partial charge in [0.1, 0.15) is 0 Å². The Bertz CT molecular complexity index is 301. The van der Waals surface area contributed by atoms with Crippen LogP contribution in [0.4, 0.5) is 0 Å². The minimum Gasteiger partial charge on any atom is -0.381 e. The van der Waals surface area contributed by atoms with Crippen LogP contribution < -0.4 is 5.32 Å². The fourth-order valence-electron chi connectivity index (χ4n) is 3.12. The largest absolute Gasteiger partial charge is 0.381 e. The van der Waals surface area contributed by atoms with Gasteiger partial charge in [0.05, 0.1) is 12.2 Å². The summed E-state index contributed by atoms with van der Waals surface area (Å²) < 4.78 is 5.41. The van der Waals surface area contributed by atoms with E-state index < -0.39 is 0 Å². The molecular weight excluding hydrogens is 240 g/mol. The summed E-state index contributed by atoms with van der Waals surface area (Å²) in [6, 6.07) is 0.0322. The molecule has 110 valence electrons. The van der Waals surface area contributed by atoms with E-state index in [0.717, 1.165) is 45.4 Å². The molecule has 2 rings (SSSR count). The molecule has 1 amide bonds. The second-order valence-corrected chi connectivity index (χ2v) is 6.32. The third-order valence-electron chi connectivity index (χ3n) is 4.25. The Labute approximate surface area is 116 Å². The van der Waals surface area contributed by atoms with Crippen LogP contribution in [-0.2, 0) is 9.53 Å². The van der Waals surface area contributed by atoms with Crippen molar-refractivity contribution in [2.75, 3.05) is 19.8 Å². The average Bonchev–Trinajstić information content (AvgIpc) is 2.96. The van der Waals surface area contributed by atoms with Crippen LogP contribution in [0.2, 0.25) is 0 Å². The summed E-state index contributed by atoms with van der Waals surface area (Å²) >= 11 is 0. The smallest absolute Gasteiger partial charge is 0.241 e. The van der Waals surface area contributed by atoms with Crippen LogP contribution in [0.3, 0.4) is 0 Å². The topological polar surface area (TPSA) is 41.6 Å². The molecule has 2 saturated heterocycles. The van der Waals surface area contributed by atoms with Gasteiger partial charge in [0.15, 0.2) is 0 Å². The van der Waals surface area contributed by atoms with Gasteiger partial charge in [-0.3, -0.25) is 10.1 Å². The molecule has 1 N–H and O–H groups in total. The number of amides is 1. The van der Waals surface area contributed by atoms with Gasteiger partial charge in [-0.05, 0) is 37.5 Å². The maximum absolute atomic E-state index is 12.4. The Morgan fingerprint density at radius 3 is 2.84 bits per heavy atom. The first-order valence-electron chi connectivity index (χ1n) is 7.76. The molecule has 0 saturated carbocycles. The van der Waals surface area contributed by atoms with E-state index in [1.54, 1.807) is 0 Å². The number of carbonyl (C=O) groups excluding carboxylic acids is 1. The van der Waals surface area contributed by atoms with Crippen molar-refractivity contribution < 1.29 is 9.53 Å². The number of ether oxygens (including phenoxy) is 1. The standard InChI is InChI=1S/C15H28N2O2/c1-4-14-16-13(9-11(2)3)15(18)17(14)7-5-12-6-8-19-10-12/h11-14,16H,4-10H2,1-3H3. The zero-order valence-electron chi connectivity index (χ0n) is 12.5. The molecular formula is C15H28N2O2. The SMILES string of the molecule is CCC1NC(CC(C)C)C(=O)N1CCC1CCOC1. The third-order valence-corrected chi connectivity index (χ3v) is 4.25. The zero-order valence-corrected chi connectivity index (χ0v) is 12.5. The molecule has 4 nitrogen and oxygen atoms in total. The molecule has 0 aromatic heterocycles. The summed E-state index contributed by atoms with van der Waals surface area (Å²) in [6.45, 7) is 9.15. The van der Waals surface area contributed by atoms with Crippen molar-refractivity contribution in [3.63, 3.8) is 0 Å². The monoisotopic (exact) mass is 268 g/mol. The van der Waals surface area contributed by atoms with Crippen LogP contribution in [0.5, 0.6) is 0 Å². The van der Waals surface area contributed by atoms with E-state index in [1.165, 1.54) is 0 Å². The molecule has 2 heterocycles. The normalized spacial score (nSPS) is 31.7. The van der Waals surface area contributed by atoms with Gasteiger partial charge in [-0.15, -0.1) is 0 Å². The van der Waals surface area contributed by atoms with E-state index in [1.807, 2.05) is 0 Å². The number of hydrogen-bond donors (Lipinski definition) is 1. The second-order valence-electron chi connectivity index (χ2n) is 6.32. The van der Waals surface area contributed by atoms with Crippen molar-refractivity contribution in [2.45, 2.75) is 58.7 Å². The van der Waals surface area contributed by atoms with E-state index in [-0.39, 0.29) is 12.2 Å². The van der Waals surface area contributed by atoms with Gasteiger partial charge >= 0.3 is 0 Å². The molecule has 19 heavy (non-hydrogen) atoms. The molecule has 0 radical (unpaired) electrons. The molecule has 0 aromatic rings. The summed E-state index contributed by atoms with van der Waals surface area (Å²) in [6.07, 6.45) is 4.40. The Morgan fingerprint density at radius 1 is 1.47 bits per heavy atom. The van der Waals surface area contributed by atoms with Gasteiger partial charge in [-0.25, -0.2) is 0 Å². The van der Waals surface area contributed by atoms with Crippen molar-refractivity contribution in [2.24, 2.45) is 11.8 Å². The third kappa shape index (κ3) is 3.69. The number of rotatable bonds is 6. The van der Waals surface area contributed by atoms with Crippen LogP contribution in [0.15, 0.2) is 0 Å². The van der Waals surface area contributed by atoms with Gasteiger partial charge in [0, 0.05) is 19.8 Å². The van der Waals surface area contributed by atoms with E-state index in [2.05, 4.69) is 31.0 Å². The molecule has 3 atom stereocenters. The first-order chi connectivity index (χ1) is 9.11. The van der Waals surface area contributed by atoms with E-state index >= 15 is 0 Å². The average molecular weight is 268 g/mol. The molecule has 2 aliphatic rings. The summed E-state index contributed by atoms with van der Waals surface area (Å²) in [5.74, 6) is 1.51. The predicted molar refractivity (Wildman–Crippen MR) is 75.7 cm³/mol. The van der Waals surface area contributed by atoms with E-state index in [0.29, 0.717) is 17.7 Å². The van der Waals surface area contributed by atoms with E-state index in [4.69, 9.17) is 4.74 Å². The van der Waals surface area contributed by atoms with Crippen LogP contribution in [0, 0.1) is 11.8 Å². The molecule has 3 unspecified atom stereocenters.